The summed E-state index contributed by atoms with van der Waals surface area (Å²) in [6.07, 6.45) is 0.133. The Hall–Kier alpha value is -2.81. The van der Waals surface area contributed by atoms with Crippen LogP contribution in [0.2, 0.25) is 0 Å². The third-order valence-corrected chi connectivity index (χ3v) is 4.41. The molecule has 0 amide bonds. The summed E-state index contributed by atoms with van der Waals surface area (Å²) >= 11 is 0. The first-order valence-corrected chi connectivity index (χ1v) is 8.65. The highest BCUT2D eigenvalue weighted by Gasteiger charge is 2.31. The first-order valence-electron chi connectivity index (χ1n) is 8.65. The van der Waals surface area contributed by atoms with E-state index >= 15 is 0 Å². The molecule has 0 unspecified atom stereocenters. The Morgan fingerprint density at radius 1 is 1.15 bits per heavy atom. The van der Waals surface area contributed by atoms with E-state index in [4.69, 9.17) is 0 Å². The maximum absolute atomic E-state index is 12.5. The predicted octanol–water partition coefficient (Wildman–Crippen LogP) is 3.46. The molecule has 0 aliphatic carbocycles. The minimum atomic E-state index is -4.74. The summed E-state index contributed by atoms with van der Waals surface area (Å²) in [6, 6.07) is 8.61. The molecule has 0 atom stereocenters. The zero-order valence-electron chi connectivity index (χ0n) is 14.3. The zero-order valence-corrected chi connectivity index (χ0v) is 14.3. The van der Waals surface area contributed by atoms with Gasteiger partial charge in [-0.15, -0.1) is 13.2 Å². The molecule has 3 aromatic heterocycles. The third-order valence-electron chi connectivity index (χ3n) is 4.41. The van der Waals surface area contributed by atoms with Crippen LogP contribution in [0.3, 0.4) is 0 Å². The maximum Gasteiger partial charge on any atom is 0.573 e. The summed E-state index contributed by atoms with van der Waals surface area (Å²) in [7, 11) is 0. The summed E-state index contributed by atoms with van der Waals surface area (Å²) in [5, 5.41) is 6.73. The van der Waals surface area contributed by atoms with Crippen LogP contribution in [0.5, 0.6) is 5.75 Å². The van der Waals surface area contributed by atoms with E-state index in [0.717, 1.165) is 31.7 Å². The van der Waals surface area contributed by atoms with Crippen LogP contribution in [-0.2, 0) is 0 Å². The van der Waals surface area contributed by atoms with Crippen molar-refractivity contribution in [3.63, 3.8) is 0 Å². The van der Waals surface area contributed by atoms with Gasteiger partial charge < -0.3 is 15.4 Å². The number of rotatable bonds is 4. The number of halogens is 3. The van der Waals surface area contributed by atoms with Crippen molar-refractivity contribution in [1.82, 2.24) is 19.7 Å². The predicted molar refractivity (Wildman–Crippen MR) is 94.6 cm³/mol. The van der Waals surface area contributed by atoms with E-state index in [1.807, 2.05) is 12.1 Å². The van der Waals surface area contributed by atoms with Gasteiger partial charge in [0.1, 0.15) is 17.2 Å². The Balaban J connectivity index is 1.63. The molecule has 9 heteroatoms. The molecule has 4 rings (SSSR count). The van der Waals surface area contributed by atoms with Crippen molar-refractivity contribution in [2.45, 2.75) is 25.2 Å². The number of ether oxygens (including phenoxy) is 1. The topological polar surface area (TPSA) is 63.5 Å². The van der Waals surface area contributed by atoms with Crippen molar-refractivity contribution in [2.24, 2.45) is 0 Å². The molecule has 3 aromatic rings. The average Bonchev–Trinajstić information content (AvgIpc) is 3.05. The summed E-state index contributed by atoms with van der Waals surface area (Å²) in [6.45, 7) is 1.93. The molecule has 0 spiro atoms. The summed E-state index contributed by atoms with van der Waals surface area (Å²) in [5.41, 5.74) is 1.72. The molecule has 0 aromatic carbocycles. The van der Waals surface area contributed by atoms with Gasteiger partial charge in [0.25, 0.3) is 0 Å². The van der Waals surface area contributed by atoms with Gasteiger partial charge in [0, 0.05) is 6.04 Å². The first-order chi connectivity index (χ1) is 13.0. The smallest absolute Gasteiger partial charge is 0.404 e. The molecule has 4 heterocycles. The minimum Gasteiger partial charge on any atom is -0.404 e. The molecule has 6 nitrogen and oxygen atoms in total. The standard InChI is InChI=1S/C18H18F3N5O/c19-18(20,21)27-13-4-5-17-23-10-15(26(17)11-13)14-2-1-3-16(25-14)24-12-6-8-22-9-7-12/h1-5,10-12,22H,6-9H2,(H,24,25). The van der Waals surface area contributed by atoms with Gasteiger partial charge in [0.2, 0.25) is 0 Å². The summed E-state index contributed by atoms with van der Waals surface area (Å²) < 4.78 is 43.0. The Morgan fingerprint density at radius 2 is 1.96 bits per heavy atom. The second-order valence-corrected chi connectivity index (χ2v) is 6.36. The molecule has 1 aliphatic heterocycles. The van der Waals surface area contributed by atoms with Crippen molar-refractivity contribution in [3.8, 4) is 17.1 Å². The van der Waals surface area contributed by atoms with Crippen LogP contribution < -0.4 is 15.4 Å². The molecule has 1 fully saturated rings. The molecule has 142 valence electrons. The number of fused-ring (bicyclic) bond motifs is 1. The van der Waals surface area contributed by atoms with E-state index in [0.29, 0.717) is 23.1 Å². The fraction of sp³-hybridized carbons (Fsp3) is 0.333. The second-order valence-electron chi connectivity index (χ2n) is 6.36. The van der Waals surface area contributed by atoms with E-state index in [2.05, 4.69) is 25.3 Å². The Labute approximate surface area is 153 Å². The Bertz CT molecular complexity index is 934. The van der Waals surface area contributed by atoms with Crippen molar-refractivity contribution >= 4 is 11.5 Å². The number of nitrogens with one attached hydrogen (secondary N) is 2. The van der Waals surface area contributed by atoms with Crippen LogP contribution in [0.15, 0.2) is 42.7 Å². The number of alkyl halides is 3. The van der Waals surface area contributed by atoms with Gasteiger partial charge in [-0.3, -0.25) is 4.40 Å². The van der Waals surface area contributed by atoms with Crippen LogP contribution in [-0.4, -0.2) is 39.9 Å². The van der Waals surface area contributed by atoms with Gasteiger partial charge in [0.05, 0.1) is 23.8 Å². The Kier molecular flexibility index (Phi) is 4.61. The minimum absolute atomic E-state index is 0.307. The average molecular weight is 377 g/mol. The largest absolute Gasteiger partial charge is 0.573 e. The van der Waals surface area contributed by atoms with Crippen molar-refractivity contribution in [3.05, 3.63) is 42.7 Å². The third kappa shape index (κ3) is 4.13. The molecule has 0 bridgehead atoms. The lowest BCUT2D eigenvalue weighted by atomic mass is 10.1. The highest BCUT2D eigenvalue weighted by Crippen LogP contribution is 2.26. The number of nitrogens with zero attached hydrogens (tertiary/aromatic N) is 3. The zero-order chi connectivity index (χ0) is 18.9. The molecule has 1 saturated heterocycles. The van der Waals surface area contributed by atoms with E-state index in [1.54, 1.807) is 12.3 Å². The van der Waals surface area contributed by atoms with Crippen LogP contribution in [0, 0.1) is 0 Å². The maximum atomic E-state index is 12.5. The fourth-order valence-electron chi connectivity index (χ4n) is 3.18. The van der Waals surface area contributed by atoms with Crippen molar-refractivity contribution in [1.29, 1.82) is 0 Å². The van der Waals surface area contributed by atoms with E-state index < -0.39 is 6.36 Å². The fourth-order valence-corrected chi connectivity index (χ4v) is 3.18. The number of piperidine rings is 1. The molecule has 1 aliphatic rings. The van der Waals surface area contributed by atoms with Crippen molar-refractivity contribution < 1.29 is 17.9 Å². The van der Waals surface area contributed by atoms with Gasteiger partial charge >= 0.3 is 6.36 Å². The molecular formula is C18H18F3N5O. The second kappa shape index (κ2) is 7.07. The number of aromatic nitrogens is 3. The molecule has 27 heavy (non-hydrogen) atoms. The van der Waals surface area contributed by atoms with Gasteiger partial charge in [-0.05, 0) is 50.2 Å². The molecule has 2 N–H and O–H groups in total. The van der Waals surface area contributed by atoms with E-state index in [1.165, 1.54) is 22.7 Å². The molecular weight excluding hydrogens is 359 g/mol. The monoisotopic (exact) mass is 377 g/mol. The molecule has 0 saturated carbocycles. The lowest BCUT2D eigenvalue weighted by Crippen LogP contribution is -2.35. The van der Waals surface area contributed by atoms with Crippen molar-refractivity contribution in [2.75, 3.05) is 18.4 Å². The molecule has 0 radical (unpaired) electrons. The summed E-state index contributed by atoms with van der Waals surface area (Å²) in [4.78, 5) is 8.84. The highest BCUT2D eigenvalue weighted by atomic mass is 19.4. The number of imidazole rings is 1. The number of hydrogen-bond acceptors (Lipinski definition) is 5. The lowest BCUT2D eigenvalue weighted by Gasteiger charge is -2.24. The van der Waals surface area contributed by atoms with Crippen LogP contribution in [0.1, 0.15) is 12.8 Å². The SMILES string of the molecule is FC(F)(F)Oc1ccc2ncc(-c3cccc(NC4CCNCC4)n3)n2c1. The van der Waals surface area contributed by atoms with Gasteiger partial charge in [-0.25, -0.2) is 9.97 Å². The highest BCUT2D eigenvalue weighted by molar-refractivity contribution is 5.62. The van der Waals surface area contributed by atoms with Gasteiger partial charge in [-0.2, -0.15) is 0 Å². The quantitative estimate of drug-likeness (QED) is 0.729. The van der Waals surface area contributed by atoms with Crippen LogP contribution in [0.4, 0.5) is 19.0 Å². The first kappa shape index (κ1) is 17.6. The van der Waals surface area contributed by atoms with Crippen LogP contribution in [0.25, 0.3) is 17.0 Å². The van der Waals surface area contributed by atoms with E-state index in [9.17, 15) is 13.2 Å². The Morgan fingerprint density at radius 3 is 2.74 bits per heavy atom. The van der Waals surface area contributed by atoms with Gasteiger partial charge in [-0.1, -0.05) is 6.07 Å². The lowest BCUT2D eigenvalue weighted by molar-refractivity contribution is -0.274. The van der Waals surface area contributed by atoms with Gasteiger partial charge in [0.15, 0.2) is 0 Å². The van der Waals surface area contributed by atoms with E-state index in [-0.39, 0.29) is 5.75 Å². The number of pyridine rings is 2. The van der Waals surface area contributed by atoms with Crippen LogP contribution >= 0.6 is 0 Å². The number of anilines is 1. The summed E-state index contributed by atoms with van der Waals surface area (Å²) in [5.74, 6) is 0.426. The number of hydrogen-bond donors (Lipinski definition) is 2. The normalized spacial score (nSPS) is 15.8.